The third-order valence-corrected chi connectivity index (χ3v) is 4.78. The molecule has 2 atom stereocenters. The summed E-state index contributed by atoms with van der Waals surface area (Å²) >= 11 is 3.42. The lowest BCUT2D eigenvalue weighted by atomic mass is 9.77. The van der Waals surface area contributed by atoms with Gasteiger partial charge in [-0.3, -0.25) is 4.79 Å². The Kier molecular flexibility index (Phi) is 4.29. The van der Waals surface area contributed by atoms with E-state index in [4.69, 9.17) is 4.74 Å². The van der Waals surface area contributed by atoms with Gasteiger partial charge < -0.3 is 14.6 Å². The van der Waals surface area contributed by atoms with Gasteiger partial charge in [-0.15, -0.1) is 0 Å². The van der Waals surface area contributed by atoms with Crippen LogP contribution in [0, 0.1) is 0 Å². The maximum Gasteiger partial charge on any atom is 0.379 e. The Hall–Kier alpha value is -1.66. The van der Waals surface area contributed by atoms with Crippen molar-refractivity contribution in [1.29, 1.82) is 0 Å². The van der Waals surface area contributed by atoms with Gasteiger partial charge in [0.2, 0.25) is 0 Å². The smallest absolute Gasteiger partial charge is 0.379 e. The maximum absolute atomic E-state index is 12.4. The van der Waals surface area contributed by atoms with E-state index in [1.807, 2.05) is 24.3 Å². The Labute approximate surface area is 142 Å². The first-order valence-electron chi connectivity index (χ1n) is 7.46. The zero-order valence-corrected chi connectivity index (χ0v) is 14.3. The second-order valence-corrected chi connectivity index (χ2v) is 6.72. The molecule has 0 spiro atoms. The molecule has 6 heteroatoms. The second-order valence-electron chi connectivity index (χ2n) is 5.80. The van der Waals surface area contributed by atoms with Crippen LogP contribution in [0.25, 0.3) is 0 Å². The van der Waals surface area contributed by atoms with Crippen molar-refractivity contribution in [2.75, 3.05) is 7.11 Å². The minimum absolute atomic E-state index is 0.0168. The minimum atomic E-state index is -2.06. The van der Waals surface area contributed by atoms with Crippen molar-refractivity contribution in [2.24, 2.45) is 0 Å². The Morgan fingerprint density at radius 2 is 2.22 bits per heavy atom. The molecule has 1 aromatic carbocycles. The van der Waals surface area contributed by atoms with Crippen molar-refractivity contribution < 1.29 is 24.2 Å². The molecule has 1 aliphatic carbocycles. The van der Waals surface area contributed by atoms with Crippen molar-refractivity contribution in [3.05, 3.63) is 45.6 Å². The van der Waals surface area contributed by atoms with Gasteiger partial charge in [0.25, 0.3) is 0 Å². The lowest BCUT2D eigenvalue weighted by molar-refractivity contribution is -0.222. The minimum Gasteiger partial charge on any atom is -0.464 e. The predicted octanol–water partition coefficient (Wildman–Crippen LogP) is 2.82. The number of esters is 1. The fourth-order valence-electron chi connectivity index (χ4n) is 3.25. The molecule has 1 N–H and O–H groups in total. The first-order valence-corrected chi connectivity index (χ1v) is 8.25. The number of carbonyl (C=O) groups excluding carboxylic acids is 2. The number of methoxy groups -OCH3 is 1. The Bertz CT molecular complexity index is 696. The summed E-state index contributed by atoms with van der Waals surface area (Å²) in [7, 11) is 1.20. The van der Waals surface area contributed by atoms with Crippen molar-refractivity contribution in [3.63, 3.8) is 0 Å². The van der Waals surface area contributed by atoms with Gasteiger partial charge in [0.05, 0.1) is 7.11 Å². The molecule has 3 rings (SSSR count). The lowest BCUT2D eigenvalue weighted by Crippen LogP contribution is -2.47. The fourth-order valence-corrected chi connectivity index (χ4v) is 3.66. The predicted molar refractivity (Wildman–Crippen MR) is 85.4 cm³/mol. The number of ether oxygens (including phenoxy) is 2. The van der Waals surface area contributed by atoms with Crippen LogP contribution in [0.3, 0.4) is 0 Å². The van der Waals surface area contributed by atoms with Crippen LogP contribution in [0.2, 0.25) is 0 Å². The summed E-state index contributed by atoms with van der Waals surface area (Å²) in [4.78, 5) is 24.4. The highest BCUT2D eigenvalue weighted by Gasteiger charge is 2.50. The summed E-state index contributed by atoms with van der Waals surface area (Å²) in [5.41, 5.74) is 1.43. The molecule has 0 fully saturated rings. The zero-order chi connectivity index (χ0) is 16.6. The van der Waals surface area contributed by atoms with Crippen molar-refractivity contribution in [3.8, 4) is 0 Å². The van der Waals surface area contributed by atoms with Crippen molar-refractivity contribution in [1.82, 2.24) is 0 Å². The van der Waals surface area contributed by atoms with Crippen LogP contribution >= 0.6 is 15.9 Å². The summed E-state index contributed by atoms with van der Waals surface area (Å²) in [6, 6.07) is 7.51. The maximum atomic E-state index is 12.4. The quantitative estimate of drug-likeness (QED) is 0.798. The van der Waals surface area contributed by atoms with E-state index in [9.17, 15) is 14.7 Å². The number of Topliss-reactive ketones (excluding diaryl/α,β-unsaturated/α-hetero) is 1. The highest BCUT2D eigenvalue weighted by atomic mass is 79.9. The van der Waals surface area contributed by atoms with Crippen LogP contribution in [0.1, 0.15) is 37.2 Å². The molecule has 1 aromatic rings. The normalized spacial score (nSPS) is 27.3. The molecular weight excluding hydrogens is 364 g/mol. The van der Waals surface area contributed by atoms with E-state index >= 15 is 0 Å². The number of rotatable bonds is 2. The molecule has 0 amide bonds. The molecule has 1 unspecified atom stereocenters. The standard InChI is InChI=1S/C17H17BrO5/c1-22-16(20)17(21)9-12(10-4-2-5-11(18)8-10)15-13(19)6-3-7-14(15)23-17/h2,4-5,8,12,21H,3,6-7,9H2,1H3/t12-,17?/m0/s1. The first kappa shape index (κ1) is 16.2. The van der Waals surface area contributed by atoms with E-state index in [1.54, 1.807) is 0 Å². The number of benzene rings is 1. The van der Waals surface area contributed by atoms with Gasteiger partial charge in [0.1, 0.15) is 5.76 Å². The lowest BCUT2D eigenvalue weighted by Gasteiger charge is -2.39. The molecular formula is C17H17BrO5. The molecule has 0 saturated carbocycles. The highest BCUT2D eigenvalue weighted by molar-refractivity contribution is 9.10. The number of aliphatic hydroxyl groups is 1. The molecule has 5 nitrogen and oxygen atoms in total. The van der Waals surface area contributed by atoms with Crippen LogP contribution < -0.4 is 0 Å². The van der Waals surface area contributed by atoms with E-state index in [0.717, 1.165) is 10.0 Å². The summed E-state index contributed by atoms with van der Waals surface area (Å²) in [6.45, 7) is 0. The number of hydrogen-bond donors (Lipinski definition) is 1. The summed E-state index contributed by atoms with van der Waals surface area (Å²) in [5, 5.41) is 10.6. The number of carbonyl (C=O) groups is 2. The van der Waals surface area contributed by atoms with Crippen LogP contribution in [0.15, 0.2) is 40.1 Å². The first-order chi connectivity index (χ1) is 10.9. The van der Waals surface area contributed by atoms with Crippen LogP contribution in [-0.2, 0) is 19.1 Å². The van der Waals surface area contributed by atoms with Crippen LogP contribution in [0.5, 0.6) is 0 Å². The number of hydrogen-bond acceptors (Lipinski definition) is 5. The van der Waals surface area contributed by atoms with Crippen LogP contribution in [0.4, 0.5) is 0 Å². The van der Waals surface area contributed by atoms with E-state index in [0.29, 0.717) is 30.6 Å². The Balaban J connectivity index is 2.10. The van der Waals surface area contributed by atoms with Gasteiger partial charge in [-0.05, 0) is 24.1 Å². The highest BCUT2D eigenvalue weighted by Crippen LogP contribution is 2.45. The SMILES string of the molecule is COC(=O)C1(O)C[C@@H](c2cccc(Br)c2)C2=C(CCCC2=O)O1. The molecule has 1 aliphatic heterocycles. The Morgan fingerprint density at radius 1 is 1.43 bits per heavy atom. The molecule has 122 valence electrons. The fraction of sp³-hybridized carbons (Fsp3) is 0.412. The molecule has 1 heterocycles. The summed E-state index contributed by atoms with van der Waals surface area (Å²) in [5.74, 6) is -2.87. The average molecular weight is 381 g/mol. The number of allylic oxidation sites excluding steroid dienone is 2. The van der Waals surface area contributed by atoms with Gasteiger partial charge >= 0.3 is 11.8 Å². The number of ketones is 1. The molecule has 23 heavy (non-hydrogen) atoms. The average Bonchev–Trinajstić information content (AvgIpc) is 2.53. The van der Waals surface area contributed by atoms with Crippen LogP contribution in [-0.4, -0.2) is 29.8 Å². The van der Waals surface area contributed by atoms with E-state index in [2.05, 4.69) is 20.7 Å². The van der Waals surface area contributed by atoms with Gasteiger partial charge in [0, 0.05) is 35.2 Å². The monoisotopic (exact) mass is 380 g/mol. The van der Waals surface area contributed by atoms with Gasteiger partial charge in [-0.2, -0.15) is 0 Å². The Morgan fingerprint density at radius 3 is 2.91 bits per heavy atom. The summed E-state index contributed by atoms with van der Waals surface area (Å²) < 4.78 is 11.1. The number of halogens is 1. The van der Waals surface area contributed by atoms with Gasteiger partial charge in [-0.1, -0.05) is 28.1 Å². The van der Waals surface area contributed by atoms with Crippen molar-refractivity contribution >= 4 is 27.7 Å². The third-order valence-electron chi connectivity index (χ3n) is 4.29. The zero-order valence-electron chi connectivity index (χ0n) is 12.7. The summed E-state index contributed by atoms with van der Waals surface area (Å²) in [6.07, 6.45) is 1.61. The molecule has 2 aliphatic rings. The van der Waals surface area contributed by atoms with Crippen molar-refractivity contribution in [2.45, 2.75) is 37.4 Å². The van der Waals surface area contributed by atoms with E-state index < -0.39 is 17.7 Å². The van der Waals surface area contributed by atoms with E-state index in [-0.39, 0.29) is 12.2 Å². The molecule has 0 bridgehead atoms. The van der Waals surface area contributed by atoms with Gasteiger partial charge in [0.15, 0.2) is 5.78 Å². The molecule has 0 aromatic heterocycles. The van der Waals surface area contributed by atoms with E-state index in [1.165, 1.54) is 7.11 Å². The second kappa shape index (κ2) is 6.09. The van der Waals surface area contributed by atoms with Gasteiger partial charge in [-0.25, -0.2) is 4.79 Å². The molecule has 0 radical (unpaired) electrons. The topological polar surface area (TPSA) is 72.8 Å². The third kappa shape index (κ3) is 2.93. The molecule has 0 saturated heterocycles. The largest absolute Gasteiger partial charge is 0.464 e.